The summed E-state index contributed by atoms with van der Waals surface area (Å²) < 4.78 is 35.8. The maximum Gasteiger partial charge on any atom is 0.166 e. The predicted molar refractivity (Wildman–Crippen MR) is 136 cm³/mol. The smallest absolute Gasteiger partial charge is 0.166 e. The number of unbranched alkanes of at least 4 members (excludes halogenated alkanes) is 5. The standard InChI is InChI=1S/C19H17OS.C8H18O3S/c1-20-16-12-14-19(15-13-16)21(17-8-4-2-5-9-17)18-10-6-3-7-11-18;1-2-3-4-5-6-7-8-12(9,10)11/h2-15H,1H3;2-8H2,1H3,(H,9,10,11)/q+1;/p-1. The molecule has 3 aromatic carbocycles. The van der Waals surface area contributed by atoms with Crippen molar-refractivity contribution in [2.24, 2.45) is 0 Å². The second-order valence-electron chi connectivity index (χ2n) is 7.64. The Balaban J connectivity index is 0.000000277. The van der Waals surface area contributed by atoms with Gasteiger partial charge in [-0.15, -0.1) is 0 Å². The van der Waals surface area contributed by atoms with E-state index in [1.54, 1.807) is 7.11 Å². The Kier molecular flexibility index (Phi) is 12.1. The van der Waals surface area contributed by atoms with Gasteiger partial charge in [0.1, 0.15) is 5.75 Å². The Morgan fingerprint density at radius 3 is 1.61 bits per heavy atom. The van der Waals surface area contributed by atoms with E-state index in [1.807, 2.05) is 12.1 Å². The van der Waals surface area contributed by atoms with Gasteiger partial charge in [0.15, 0.2) is 14.7 Å². The van der Waals surface area contributed by atoms with Crippen LogP contribution in [0.5, 0.6) is 5.75 Å². The van der Waals surface area contributed by atoms with Crippen LogP contribution < -0.4 is 4.74 Å². The molecule has 178 valence electrons. The number of rotatable bonds is 11. The summed E-state index contributed by atoms with van der Waals surface area (Å²) in [6.07, 6.45) is 5.96. The molecule has 0 aliphatic rings. The third kappa shape index (κ3) is 10.5. The second kappa shape index (κ2) is 14.8. The van der Waals surface area contributed by atoms with E-state index in [-0.39, 0.29) is 16.6 Å². The van der Waals surface area contributed by atoms with Crippen LogP contribution in [0.3, 0.4) is 0 Å². The molecule has 0 bridgehead atoms. The molecule has 3 aromatic rings. The molecule has 0 aliphatic heterocycles. The third-order valence-corrected chi connectivity index (χ3v) is 8.02. The molecule has 33 heavy (non-hydrogen) atoms. The van der Waals surface area contributed by atoms with Gasteiger partial charge in [0.25, 0.3) is 0 Å². The summed E-state index contributed by atoms with van der Waals surface area (Å²) in [4.78, 5) is 3.95. The Morgan fingerprint density at radius 1 is 0.697 bits per heavy atom. The molecular formula is C27H34O4S2. The van der Waals surface area contributed by atoms with Crippen LogP contribution in [0, 0.1) is 0 Å². The highest BCUT2D eigenvalue weighted by atomic mass is 32.2. The zero-order chi connectivity index (χ0) is 23.9. The molecule has 0 atom stereocenters. The Morgan fingerprint density at radius 2 is 1.15 bits per heavy atom. The van der Waals surface area contributed by atoms with Crippen LogP contribution >= 0.6 is 0 Å². The first-order chi connectivity index (χ1) is 15.9. The van der Waals surface area contributed by atoms with Crippen LogP contribution in [-0.4, -0.2) is 25.8 Å². The number of hydrogen-bond donors (Lipinski definition) is 0. The minimum absolute atomic E-state index is 0.0804. The molecule has 0 amide bonds. The maximum absolute atomic E-state index is 10.2. The van der Waals surface area contributed by atoms with Crippen molar-refractivity contribution in [3.8, 4) is 5.75 Å². The summed E-state index contributed by atoms with van der Waals surface area (Å²) in [6.45, 7) is 2.13. The quantitative estimate of drug-likeness (QED) is 0.172. The Labute approximate surface area is 202 Å². The molecule has 0 N–H and O–H groups in total. The van der Waals surface area contributed by atoms with Crippen molar-refractivity contribution in [2.45, 2.75) is 60.1 Å². The van der Waals surface area contributed by atoms with Crippen LogP contribution in [0.15, 0.2) is 99.6 Å². The minimum Gasteiger partial charge on any atom is -0.748 e. The Hall–Kier alpha value is -2.28. The van der Waals surface area contributed by atoms with Crippen LogP contribution in [0.1, 0.15) is 45.4 Å². The van der Waals surface area contributed by atoms with Gasteiger partial charge in [-0.3, -0.25) is 0 Å². The summed E-state index contributed by atoms with van der Waals surface area (Å²) >= 11 is 0. The van der Waals surface area contributed by atoms with E-state index < -0.39 is 10.1 Å². The van der Waals surface area contributed by atoms with Gasteiger partial charge in [0.2, 0.25) is 0 Å². The fourth-order valence-corrected chi connectivity index (χ4v) is 5.93. The van der Waals surface area contributed by atoms with Crippen molar-refractivity contribution >= 4 is 21.0 Å². The average molecular weight is 487 g/mol. The van der Waals surface area contributed by atoms with Crippen LogP contribution in [-0.2, 0) is 21.0 Å². The highest BCUT2D eigenvalue weighted by Crippen LogP contribution is 2.31. The van der Waals surface area contributed by atoms with E-state index in [9.17, 15) is 13.0 Å². The van der Waals surface area contributed by atoms with Crippen molar-refractivity contribution in [3.05, 3.63) is 84.9 Å². The van der Waals surface area contributed by atoms with Gasteiger partial charge in [-0.25, -0.2) is 8.42 Å². The zero-order valence-electron chi connectivity index (χ0n) is 19.5. The van der Waals surface area contributed by atoms with Crippen molar-refractivity contribution in [3.63, 3.8) is 0 Å². The monoisotopic (exact) mass is 486 g/mol. The first-order valence-electron chi connectivity index (χ1n) is 11.4. The van der Waals surface area contributed by atoms with Crippen molar-refractivity contribution in [1.82, 2.24) is 0 Å². The lowest BCUT2D eigenvalue weighted by molar-refractivity contribution is 0.414. The summed E-state index contributed by atoms with van der Waals surface area (Å²) in [6, 6.07) is 29.7. The molecule has 4 nitrogen and oxygen atoms in total. The first kappa shape index (κ1) is 27.0. The summed E-state index contributed by atoms with van der Waals surface area (Å²) in [5.41, 5.74) is 0. The topological polar surface area (TPSA) is 66.4 Å². The van der Waals surface area contributed by atoms with E-state index in [4.69, 9.17) is 4.74 Å². The van der Waals surface area contributed by atoms with Crippen molar-refractivity contribution in [1.29, 1.82) is 0 Å². The number of benzene rings is 3. The van der Waals surface area contributed by atoms with Gasteiger partial charge in [-0.05, 0) is 55.0 Å². The van der Waals surface area contributed by atoms with Gasteiger partial charge in [0.05, 0.1) is 28.1 Å². The van der Waals surface area contributed by atoms with E-state index in [2.05, 4.69) is 79.7 Å². The molecule has 0 unspecified atom stereocenters. The van der Waals surface area contributed by atoms with Crippen LogP contribution in [0.2, 0.25) is 0 Å². The van der Waals surface area contributed by atoms with Gasteiger partial charge >= 0.3 is 0 Å². The lowest BCUT2D eigenvalue weighted by Crippen LogP contribution is -2.04. The molecule has 3 rings (SSSR count). The molecule has 0 saturated heterocycles. The molecule has 0 heterocycles. The molecule has 0 spiro atoms. The normalized spacial score (nSPS) is 11.0. The summed E-state index contributed by atoms with van der Waals surface area (Å²) in [5.74, 6) is 0.697. The molecule has 0 aliphatic carbocycles. The predicted octanol–water partition coefficient (Wildman–Crippen LogP) is 6.68. The number of hydrogen-bond acceptors (Lipinski definition) is 4. The van der Waals surface area contributed by atoms with Gasteiger partial charge in [0, 0.05) is 5.75 Å². The van der Waals surface area contributed by atoms with Crippen molar-refractivity contribution < 1.29 is 17.7 Å². The lowest BCUT2D eigenvalue weighted by Gasteiger charge is -2.08. The van der Waals surface area contributed by atoms with Gasteiger partial charge in [-0.2, -0.15) is 0 Å². The summed E-state index contributed by atoms with van der Waals surface area (Å²) in [7, 11) is -2.35. The Bertz CT molecular complexity index is 966. The van der Waals surface area contributed by atoms with Crippen molar-refractivity contribution in [2.75, 3.05) is 12.9 Å². The molecule has 0 aromatic heterocycles. The van der Waals surface area contributed by atoms with Crippen LogP contribution in [0.4, 0.5) is 0 Å². The number of ether oxygens (including phenoxy) is 1. The molecule has 0 saturated carbocycles. The van der Waals surface area contributed by atoms with E-state index in [0.717, 1.165) is 25.0 Å². The van der Waals surface area contributed by atoms with Gasteiger partial charge in [-0.1, -0.05) is 75.4 Å². The zero-order valence-corrected chi connectivity index (χ0v) is 21.1. The maximum atomic E-state index is 10.2. The van der Waals surface area contributed by atoms with Gasteiger partial charge < -0.3 is 9.29 Å². The van der Waals surface area contributed by atoms with E-state index >= 15 is 0 Å². The molecule has 6 heteroatoms. The SMILES string of the molecule is CCCCCCCCS(=O)(=O)[O-].COc1ccc([S+](c2ccccc2)c2ccccc2)cc1. The summed E-state index contributed by atoms with van der Waals surface area (Å²) in [5, 5.41) is 0. The average Bonchev–Trinajstić information content (AvgIpc) is 2.83. The fraction of sp³-hybridized carbons (Fsp3) is 0.333. The lowest BCUT2D eigenvalue weighted by atomic mass is 10.1. The van der Waals surface area contributed by atoms with E-state index in [1.165, 1.54) is 27.5 Å². The highest BCUT2D eigenvalue weighted by molar-refractivity contribution is 7.97. The molecular weight excluding hydrogens is 452 g/mol. The number of methoxy groups -OCH3 is 1. The van der Waals surface area contributed by atoms with Crippen LogP contribution in [0.25, 0.3) is 0 Å². The first-order valence-corrected chi connectivity index (χ1v) is 14.2. The molecule has 0 fully saturated rings. The van der Waals surface area contributed by atoms with E-state index in [0.29, 0.717) is 6.42 Å². The molecule has 0 radical (unpaired) electrons. The second-order valence-corrected chi connectivity index (χ2v) is 11.2. The fourth-order valence-electron chi connectivity index (χ4n) is 3.29. The third-order valence-electron chi connectivity index (χ3n) is 5.00. The largest absolute Gasteiger partial charge is 0.748 e. The highest BCUT2D eigenvalue weighted by Gasteiger charge is 2.27. The minimum atomic E-state index is -3.97.